The van der Waals surface area contributed by atoms with Crippen molar-refractivity contribution in [1.29, 1.82) is 0 Å². The molecular formula is C21H22Cl2O6. The van der Waals surface area contributed by atoms with Crippen LogP contribution >= 0.6 is 23.2 Å². The van der Waals surface area contributed by atoms with Crippen molar-refractivity contribution in [2.45, 2.75) is 31.0 Å². The fourth-order valence-electron chi connectivity index (χ4n) is 3.17. The lowest BCUT2D eigenvalue weighted by Gasteiger charge is -2.23. The molecule has 8 heteroatoms. The van der Waals surface area contributed by atoms with Crippen LogP contribution in [0.5, 0.6) is 11.5 Å². The number of carboxylic acids is 1. The fourth-order valence-corrected chi connectivity index (χ4v) is 3.64. The van der Waals surface area contributed by atoms with Crippen LogP contribution in [-0.4, -0.2) is 47.7 Å². The predicted octanol–water partition coefficient (Wildman–Crippen LogP) is 3.99. The topological polar surface area (TPSA) is 85.2 Å². The van der Waals surface area contributed by atoms with Gasteiger partial charge in [-0.3, -0.25) is 0 Å². The monoisotopic (exact) mass is 440 g/mol. The van der Waals surface area contributed by atoms with Crippen molar-refractivity contribution < 1.29 is 29.2 Å². The van der Waals surface area contributed by atoms with Crippen molar-refractivity contribution >= 4 is 29.2 Å². The Morgan fingerprint density at radius 1 is 1.17 bits per heavy atom. The van der Waals surface area contributed by atoms with Gasteiger partial charge >= 0.3 is 5.97 Å². The maximum absolute atomic E-state index is 11.6. The van der Waals surface area contributed by atoms with Crippen molar-refractivity contribution in [3.05, 3.63) is 58.1 Å². The minimum atomic E-state index is -1.18. The molecule has 1 fully saturated rings. The zero-order chi connectivity index (χ0) is 20.9. The van der Waals surface area contributed by atoms with E-state index < -0.39 is 17.7 Å². The molecule has 156 valence electrons. The van der Waals surface area contributed by atoms with E-state index in [0.29, 0.717) is 34.6 Å². The highest BCUT2D eigenvalue weighted by Gasteiger charge is 2.42. The number of hydrogen-bond acceptors (Lipinski definition) is 5. The fraction of sp³-hybridized carbons (Fsp3) is 0.381. The largest absolute Gasteiger partial charge is 0.491 e. The SMILES string of the molecule is O=C(O)C1(Cc2cccc(OC[C@@H](O)COc3ccc(Cl)cc3Cl)c2)CCCO1. The zero-order valence-electron chi connectivity index (χ0n) is 15.6. The molecular weight excluding hydrogens is 419 g/mol. The first-order valence-corrected chi connectivity index (χ1v) is 9.98. The van der Waals surface area contributed by atoms with E-state index in [2.05, 4.69) is 0 Å². The van der Waals surface area contributed by atoms with Gasteiger partial charge in [-0.2, -0.15) is 0 Å². The first kappa shape index (κ1) is 21.7. The molecule has 0 aromatic heterocycles. The van der Waals surface area contributed by atoms with E-state index >= 15 is 0 Å². The normalized spacial score (nSPS) is 19.7. The van der Waals surface area contributed by atoms with Gasteiger partial charge in [0.25, 0.3) is 0 Å². The molecule has 0 spiro atoms. The van der Waals surface area contributed by atoms with Gasteiger partial charge in [-0.15, -0.1) is 0 Å². The summed E-state index contributed by atoms with van der Waals surface area (Å²) in [6.45, 7) is 0.457. The Morgan fingerprint density at radius 3 is 2.66 bits per heavy atom. The van der Waals surface area contributed by atoms with Crippen LogP contribution in [-0.2, 0) is 16.0 Å². The maximum Gasteiger partial charge on any atom is 0.336 e. The number of carboxylic acid groups (broad SMARTS) is 1. The van der Waals surface area contributed by atoms with E-state index in [1.165, 1.54) is 0 Å². The highest BCUT2D eigenvalue weighted by atomic mass is 35.5. The lowest BCUT2D eigenvalue weighted by Crippen LogP contribution is -2.40. The Hall–Kier alpha value is -1.99. The van der Waals surface area contributed by atoms with E-state index in [1.54, 1.807) is 36.4 Å². The first-order valence-electron chi connectivity index (χ1n) is 9.23. The summed E-state index contributed by atoms with van der Waals surface area (Å²) in [6.07, 6.45) is 0.595. The van der Waals surface area contributed by atoms with Crippen LogP contribution in [0, 0.1) is 0 Å². The Kier molecular flexibility index (Phi) is 7.24. The summed E-state index contributed by atoms with van der Waals surface area (Å²) in [5.74, 6) is 0.00649. The molecule has 1 aliphatic heterocycles. The zero-order valence-corrected chi connectivity index (χ0v) is 17.2. The quantitative estimate of drug-likeness (QED) is 0.612. The summed E-state index contributed by atoms with van der Waals surface area (Å²) in [7, 11) is 0. The first-order chi connectivity index (χ1) is 13.9. The van der Waals surface area contributed by atoms with E-state index in [-0.39, 0.29) is 19.6 Å². The molecule has 6 nitrogen and oxygen atoms in total. The molecule has 1 saturated heterocycles. The number of ether oxygens (including phenoxy) is 3. The second-order valence-electron chi connectivity index (χ2n) is 6.93. The molecule has 2 atom stereocenters. The number of hydrogen-bond donors (Lipinski definition) is 2. The van der Waals surface area contributed by atoms with Crippen LogP contribution in [0.4, 0.5) is 0 Å². The van der Waals surface area contributed by atoms with E-state index in [9.17, 15) is 15.0 Å². The van der Waals surface area contributed by atoms with Gasteiger partial charge in [0.1, 0.15) is 30.8 Å². The lowest BCUT2D eigenvalue weighted by atomic mass is 9.91. The van der Waals surface area contributed by atoms with E-state index in [4.69, 9.17) is 37.4 Å². The smallest absolute Gasteiger partial charge is 0.336 e. The van der Waals surface area contributed by atoms with Gasteiger partial charge < -0.3 is 24.4 Å². The summed E-state index contributed by atoms with van der Waals surface area (Å²) in [5, 5.41) is 20.5. The average Bonchev–Trinajstić information content (AvgIpc) is 3.16. The Labute approximate surface area is 178 Å². The van der Waals surface area contributed by atoms with Crippen molar-refractivity contribution in [2.75, 3.05) is 19.8 Å². The molecule has 0 radical (unpaired) electrons. The minimum absolute atomic E-state index is 0.00297. The summed E-state index contributed by atoms with van der Waals surface area (Å²) in [5.41, 5.74) is -0.380. The third-order valence-corrected chi connectivity index (χ3v) is 5.18. The molecule has 29 heavy (non-hydrogen) atoms. The van der Waals surface area contributed by atoms with Crippen LogP contribution in [0.3, 0.4) is 0 Å². The van der Waals surface area contributed by atoms with Crippen LogP contribution < -0.4 is 9.47 Å². The Bertz CT molecular complexity index is 851. The van der Waals surface area contributed by atoms with Crippen LogP contribution in [0.15, 0.2) is 42.5 Å². The Balaban J connectivity index is 1.53. The number of aliphatic hydroxyl groups excluding tert-OH is 1. The molecule has 2 aromatic carbocycles. The van der Waals surface area contributed by atoms with Crippen molar-refractivity contribution in [1.82, 2.24) is 0 Å². The molecule has 0 saturated carbocycles. The molecule has 1 unspecified atom stereocenters. The van der Waals surface area contributed by atoms with Gasteiger partial charge in [0, 0.05) is 18.1 Å². The van der Waals surface area contributed by atoms with Gasteiger partial charge in [-0.1, -0.05) is 35.3 Å². The second kappa shape index (κ2) is 9.67. The molecule has 0 amide bonds. The molecule has 2 N–H and O–H groups in total. The molecule has 3 rings (SSSR count). The van der Waals surface area contributed by atoms with Crippen LogP contribution in [0.1, 0.15) is 18.4 Å². The number of benzene rings is 2. The summed E-state index contributed by atoms with van der Waals surface area (Å²) in [4.78, 5) is 11.6. The number of carbonyl (C=O) groups is 1. The van der Waals surface area contributed by atoms with Crippen LogP contribution in [0.25, 0.3) is 0 Å². The summed E-state index contributed by atoms with van der Waals surface area (Å²) < 4.78 is 16.6. The standard InChI is InChI=1S/C21H22Cl2O6/c22-15-5-6-19(18(23)10-15)28-13-16(24)12-27-17-4-1-3-14(9-17)11-21(20(25)26)7-2-8-29-21/h1,3-6,9-10,16,24H,2,7-8,11-13H2,(H,25,26)/t16-,21?/m1/s1. The van der Waals surface area contributed by atoms with E-state index in [0.717, 1.165) is 12.0 Å². The highest BCUT2D eigenvalue weighted by Crippen LogP contribution is 2.31. The van der Waals surface area contributed by atoms with Gasteiger partial charge in [0.05, 0.1) is 5.02 Å². The molecule has 0 aliphatic carbocycles. The highest BCUT2D eigenvalue weighted by molar-refractivity contribution is 6.35. The van der Waals surface area contributed by atoms with Gasteiger partial charge in [-0.05, 0) is 48.7 Å². The maximum atomic E-state index is 11.6. The molecule has 1 aliphatic rings. The molecule has 1 heterocycles. The Morgan fingerprint density at radius 2 is 1.97 bits per heavy atom. The number of halogens is 2. The third-order valence-electron chi connectivity index (χ3n) is 4.65. The van der Waals surface area contributed by atoms with Gasteiger partial charge in [0.15, 0.2) is 5.60 Å². The number of aliphatic hydroxyl groups is 1. The summed E-state index contributed by atoms with van der Waals surface area (Å²) >= 11 is 11.9. The average molecular weight is 441 g/mol. The number of rotatable bonds is 9. The summed E-state index contributed by atoms with van der Waals surface area (Å²) in [6, 6.07) is 12.0. The lowest BCUT2D eigenvalue weighted by molar-refractivity contribution is -0.159. The molecule has 0 bridgehead atoms. The minimum Gasteiger partial charge on any atom is -0.491 e. The van der Waals surface area contributed by atoms with E-state index in [1.807, 2.05) is 6.07 Å². The van der Waals surface area contributed by atoms with Crippen molar-refractivity contribution in [2.24, 2.45) is 0 Å². The van der Waals surface area contributed by atoms with Gasteiger partial charge in [-0.25, -0.2) is 4.79 Å². The predicted molar refractivity (Wildman–Crippen MR) is 109 cm³/mol. The van der Waals surface area contributed by atoms with Gasteiger partial charge in [0.2, 0.25) is 0 Å². The van der Waals surface area contributed by atoms with Crippen molar-refractivity contribution in [3.63, 3.8) is 0 Å². The van der Waals surface area contributed by atoms with Crippen molar-refractivity contribution in [3.8, 4) is 11.5 Å². The second-order valence-corrected chi connectivity index (χ2v) is 7.77. The molecule has 2 aromatic rings. The van der Waals surface area contributed by atoms with Crippen LogP contribution in [0.2, 0.25) is 10.0 Å². The third kappa shape index (κ3) is 5.76. The number of aliphatic carboxylic acids is 1.